The lowest BCUT2D eigenvalue weighted by Crippen LogP contribution is -2.40. The Morgan fingerprint density at radius 2 is 2.08 bits per heavy atom. The number of likely N-dealkylation sites (tertiary alicyclic amines) is 1. The second-order valence-electron chi connectivity index (χ2n) is 6.46. The quantitative estimate of drug-likeness (QED) is 0.632. The molecule has 0 aliphatic carbocycles. The second-order valence-corrected chi connectivity index (χ2v) is 6.87. The summed E-state index contributed by atoms with van der Waals surface area (Å²) >= 11 is 6.23. The molecular formula is C19H20ClN3O3. The molecule has 3 rings (SSSR count). The number of benzene rings is 2. The highest BCUT2D eigenvalue weighted by atomic mass is 35.5. The zero-order valence-corrected chi connectivity index (χ0v) is 15.0. The van der Waals surface area contributed by atoms with Crippen molar-refractivity contribution >= 4 is 28.9 Å². The van der Waals surface area contributed by atoms with Crippen molar-refractivity contribution in [3.8, 4) is 0 Å². The zero-order valence-electron chi connectivity index (χ0n) is 14.2. The molecule has 0 saturated carbocycles. The van der Waals surface area contributed by atoms with Crippen molar-refractivity contribution < 1.29 is 9.72 Å². The molecule has 6 nitrogen and oxygen atoms in total. The molecule has 26 heavy (non-hydrogen) atoms. The normalized spacial score (nSPS) is 17.7. The molecule has 0 spiro atoms. The predicted octanol–water partition coefficient (Wildman–Crippen LogP) is 4.10. The Hall–Kier alpha value is -2.44. The maximum absolute atomic E-state index is 12.6. The van der Waals surface area contributed by atoms with Crippen molar-refractivity contribution in [3.05, 3.63) is 69.2 Å². The number of nitro groups is 1. The third-order valence-electron chi connectivity index (χ3n) is 4.55. The first-order chi connectivity index (χ1) is 12.5. The van der Waals surface area contributed by atoms with E-state index >= 15 is 0 Å². The first-order valence-electron chi connectivity index (χ1n) is 8.54. The molecule has 136 valence electrons. The van der Waals surface area contributed by atoms with Crippen molar-refractivity contribution in [2.24, 2.45) is 5.92 Å². The third kappa shape index (κ3) is 4.59. The Kier molecular flexibility index (Phi) is 5.85. The molecule has 7 heteroatoms. The van der Waals surface area contributed by atoms with Crippen LogP contribution in [0.3, 0.4) is 0 Å². The van der Waals surface area contributed by atoms with Crippen LogP contribution in [0.5, 0.6) is 0 Å². The molecule has 1 aliphatic rings. The SMILES string of the molecule is O=C(Nc1cccc([N+](=O)[O-])c1)C1CCCN(Cc2ccccc2Cl)C1. The second kappa shape index (κ2) is 8.29. The lowest BCUT2D eigenvalue weighted by molar-refractivity contribution is -0.384. The molecule has 1 unspecified atom stereocenters. The minimum Gasteiger partial charge on any atom is -0.326 e. The van der Waals surface area contributed by atoms with E-state index in [1.165, 1.54) is 12.1 Å². The van der Waals surface area contributed by atoms with Crippen LogP contribution in [0.15, 0.2) is 48.5 Å². The van der Waals surface area contributed by atoms with Crippen LogP contribution in [0.4, 0.5) is 11.4 Å². The summed E-state index contributed by atoms with van der Waals surface area (Å²) in [7, 11) is 0. The van der Waals surface area contributed by atoms with Crippen molar-refractivity contribution in [2.75, 3.05) is 18.4 Å². The minimum atomic E-state index is -0.471. The van der Waals surface area contributed by atoms with Crippen LogP contribution in [-0.2, 0) is 11.3 Å². The molecule has 1 fully saturated rings. The van der Waals surface area contributed by atoms with E-state index in [2.05, 4.69) is 10.2 Å². The summed E-state index contributed by atoms with van der Waals surface area (Å²) in [5.41, 5.74) is 1.47. The Morgan fingerprint density at radius 1 is 1.27 bits per heavy atom. The van der Waals surface area contributed by atoms with Crippen molar-refractivity contribution in [1.82, 2.24) is 4.90 Å². The number of non-ortho nitro benzene ring substituents is 1. The van der Waals surface area contributed by atoms with Gasteiger partial charge in [-0.15, -0.1) is 0 Å². The molecule has 2 aromatic rings. The number of nitro benzene ring substituents is 1. The first-order valence-corrected chi connectivity index (χ1v) is 8.92. The largest absolute Gasteiger partial charge is 0.326 e. The number of hydrogen-bond donors (Lipinski definition) is 1. The fourth-order valence-corrected chi connectivity index (χ4v) is 3.42. The van der Waals surface area contributed by atoms with E-state index in [0.29, 0.717) is 18.8 Å². The van der Waals surface area contributed by atoms with E-state index in [1.807, 2.05) is 24.3 Å². The van der Waals surface area contributed by atoms with Gasteiger partial charge in [-0.3, -0.25) is 19.8 Å². The number of amides is 1. The maximum Gasteiger partial charge on any atom is 0.271 e. The molecular weight excluding hydrogens is 354 g/mol. The summed E-state index contributed by atoms with van der Waals surface area (Å²) in [6, 6.07) is 13.7. The summed E-state index contributed by atoms with van der Waals surface area (Å²) in [6.45, 7) is 2.28. The van der Waals surface area contributed by atoms with Crippen molar-refractivity contribution in [3.63, 3.8) is 0 Å². The molecule has 1 N–H and O–H groups in total. The van der Waals surface area contributed by atoms with Crippen LogP contribution in [0.2, 0.25) is 5.02 Å². The smallest absolute Gasteiger partial charge is 0.271 e. The van der Waals surface area contributed by atoms with Crippen LogP contribution >= 0.6 is 11.6 Å². The van der Waals surface area contributed by atoms with Gasteiger partial charge in [0.25, 0.3) is 5.69 Å². The lowest BCUT2D eigenvalue weighted by Gasteiger charge is -2.32. The van der Waals surface area contributed by atoms with Crippen LogP contribution in [0.1, 0.15) is 18.4 Å². The van der Waals surface area contributed by atoms with Gasteiger partial charge in [-0.05, 0) is 37.1 Å². The molecule has 2 aromatic carbocycles. The van der Waals surface area contributed by atoms with E-state index in [-0.39, 0.29) is 17.5 Å². The van der Waals surface area contributed by atoms with Gasteiger partial charge in [0.05, 0.1) is 10.8 Å². The van der Waals surface area contributed by atoms with Crippen molar-refractivity contribution in [1.29, 1.82) is 0 Å². The van der Waals surface area contributed by atoms with Crippen LogP contribution in [0.25, 0.3) is 0 Å². The molecule has 1 heterocycles. The van der Waals surface area contributed by atoms with E-state index in [9.17, 15) is 14.9 Å². The van der Waals surface area contributed by atoms with Gasteiger partial charge in [0.2, 0.25) is 5.91 Å². The van der Waals surface area contributed by atoms with Crippen molar-refractivity contribution in [2.45, 2.75) is 19.4 Å². The summed E-state index contributed by atoms with van der Waals surface area (Å²) in [5, 5.41) is 14.4. The summed E-state index contributed by atoms with van der Waals surface area (Å²) in [5.74, 6) is -0.250. The monoisotopic (exact) mass is 373 g/mol. The number of carbonyl (C=O) groups excluding carboxylic acids is 1. The summed E-state index contributed by atoms with van der Waals surface area (Å²) in [6.07, 6.45) is 1.73. The summed E-state index contributed by atoms with van der Waals surface area (Å²) < 4.78 is 0. The Morgan fingerprint density at radius 3 is 2.85 bits per heavy atom. The maximum atomic E-state index is 12.6. The van der Waals surface area contributed by atoms with Gasteiger partial charge in [0, 0.05) is 35.9 Å². The van der Waals surface area contributed by atoms with Gasteiger partial charge in [-0.1, -0.05) is 35.9 Å². The van der Waals surface area contributed by atoms with Crippen LogP contribution < -0.4 is 5.32 Å². The molecule has 1 atom stereocenters. The van der Waals surface area contributed by atoms with Gasteiger partial charge in [0.1, 0.15) is 0 Å². The third-order valence-corrected chi connectivity index (χ3v) is 4.92. The average Bonchev–Trinajstić information content (AvgIpc) is 2.64. The molecule has 1 amide bonds. The Balaban J connectivity index is 1.62. The van der Waals surface area contributed by atoms with Gasteiger partial charge in [-0.2, -0.15) is 0 Å². The molecule has 1 aliphatic heterocycles. The minimum absolute atomic E-state index is 0.0354. The number of nitrogens with one attached hydrogen (secondary N) is 1. The van der Waals surface area contributed by atoms with Crippen LogP contribution in [-0.4, -0.2) is 28.8 Å². The highest BCUT2D eigenvalue weighted by molar-refractivity contribution is 6.31. The van der Waals surface area contributed by atoms with Gasteiger partial charge in [0.15, 0.2) is 0 Å². The first kappa shape index (κ1) is 18.4. The lowest BCUT2D eigenvalue weighted by atomic mass is 9.96. The number of rotatable bonds is 5. The zero-order chi connectivity index (χ0) is 18.5. The predicted molar refractivity (Wildman–Crippen MR) is 101 cm³/mol. The van der Waals surface area contributed by atoms with E-state index < -0.39 is 4.92 Å². The van der Waals surface area contributed by atoms with Gasteiger partial charge in [-0.25, -0.2) is 0 Å². The van der Waals surface area contributed by atoms with E-state index in [0.717, 1.165) is 30.0 Å². The average molecular weight is 374 g/mol. The standard InChI is InChI=1S/C19H20ClN3O3/c20-18-9-2-1-5-14(18)12-22-10-4-6-15(13-22)19(24)21-16-7-3-8-17(11-16)23(25)26/h1-3,5,7-9,11,15H,4,6,10,12-13H2,(H,21,24). The molecule has 0 radical (unpaired) electrons. The van der Waals surface area contributed by atoms with Crippen LogP contribution in [0, 0.1) is 16.0 Å². The molecule has 0 bridgehead atoms. The number of nitrogens with zero attached hydrogens (tertiary/aromatic N) is 2. The number of carbonyl (C=O) groups is 1. The topological polar surface area (TPSA) is 75.5 Å². The fourth-order valence-electron chi connectivity index (χ4n) is 3.22. The fraction of sp³-hybridized carbons (Fsp3) is 0.316. The highest BCUT2D eigenvalue weighted by Crippen LogP contribution is 2.24. The molecule has 0 aromatic heterocycles. The highest BCUT2D eigenvalue weighted by Gasteiger charge is 2.26. The number of piperidine rings is 1. The number of hydrogen-bond acceptors (Lipinski definition) is 4. The van der Waals surface area contributed by atoms with Gasteiger partial charge < -0.3 is 5.32 Å². The molecule has 1 saturated heterocycles. The Labute approximate surface area is 156 Å². The van der Waals surface area contributed by atoms with E-state index in [1.54, 1.807) is 12.1 Å². The van der Waals surface area contributed by atoms with Gasteiger partial charge >= 0.3 is 0 Å². The Bertz CT molecular complexity index is 812. The number of anilines is 1. The van der Waals surface area contributed by atoms with E-state index in [4.69, 9.17) is 11.6 Å². The number of halogens is 1. The summed E-state index contributed by atoms with van der Waals surface area (Å²) in [4.78, 5) is 25.2.